The molecule has 0 radical (unpaired) electrons. The summed E-state index contributed by atoms with van der Waals surface area (Å²) in [7, 11) is 0. The summed E-state index contributed by atoms with van der Waals surface area (Å²) >= 11 is 1.68. The minimum atomic E-state index is -0.0670. The fourth-order valence-electron chi connectivity index (χ4n) is 3.10. The van der Waals surface area contributed by atoms with Crippen molar-refractivity contribution in [3.8, 4) is 0 Å². The van der Waals surface area contributed by atoms with Gasteiger partial charge in [-0.2, -0.15) is 0 Å². The van der Waals surface area contributed by atoms with E-state index in [9.17, 15) is 4.79 Å². The number of piperidine rings is 1. The summed E-state index contributed by atoms with van der Waals surface area (Å²) in [5.41, 5.74) is 1.18. The number of likely N-dealkylation sites (tertiary alicyclic amines) is 1. The molecule has 3 rings (SSSR count). The summed E-state index contributed by atoms with van der Waals surface area (Å²) in [6.45, 7) is 4.55. The van der Waals surface area contributed by atoms with E-state index < -0.39 is 0 Å². The Morgan fingerprint density at radius 1 is 1.21 bits per heavy atom. The second-order valence-electron chi connectivity index (χ2n) is 6.29. The molecule has 24 heavy (non-hydrogen) atoms. The maximum Gasteiger partial charge on any atom is 0.237 e. The lowest BCUT2D eigenvalue weighted by molar-refractivity contribution is -0.126. The van der Waals surface area contributed by atoms with Gasteiger partial charge in [-0.25, -0.2) is 0 Å². The molecule has 1 unspecified atom stereocenters. The molecule has 1 saturated heterocycles. The average Bonchev–Trinajstić information content (AvgIpc) is 3.14. The van der Waals surface area contributed by atoms with Crippen molar-refractivity contribution in [2.24, 2.45) is 0 Å². The highest BCUT2D eigenvalue weighted by atomic mass is 32.1. The van der Waals surface area contributed by atoms with E-state index in [1.165, 1.54) is 10.6 Å². The van der Waals surface area contributed by atoms with Crippen molar-refractivity contribution in [3.63, 3.8) is 0 Å². The molecule has 2 heterocycles. The number of para-hydroxylation sites is 1. The number of thiophene rings is 1. The molecule has 1 aliphatic heterocycles. The summed E-state index contributed by atoms with van der Waals surface area (Å²) in [6.07, 6.45) is 2.13. The van der Waals surface area contributed by atoms with E-state index in [0.717, 1.165) is 25.9 Å². The molecule has 2 N–H and O–H groups in total. The maximum atomic E-state index is 12.3. The van der Waals surface area contributed by atoms with Crippen LogP contribution in [0.25, 0.3) is 0 Å². The van der Waals surface area contributed by atoms with Crippen LogP contribution in [0, 0.1) is 0 Å². The molecule has 1 fully saturated rings. The van der Waals surface area contributed by atoms with E-state index in [2.05, 4.69) is 45.9 Å². The Kier molecular flexibility index (Phi) is 5.88. The first kappa shape index (κ1) is 17.0. The Morgan fingerprint density at radius 2 is 1.96 bits per heavy atom. The van der Waals surface area contributed by atoms with Crippen molar-refractivity contribution in [1.82, 2.24) is 10.2 Å². The van der Waals surface area contributed by atoms with Crippen molar-refractivity contribution in [2.75, 3.05) is 18.4 Å². The number of carbonyl (C=O) groups is 1. The molecule has 1 amide bonds. The third-order valence-electron chi connectivity index (χ3n) is 4.62. The number of nitrogens with one attached hydrogen (secondary N) is 2. The van der Waals surface area contributed by atoms with Crippen LogP contribution in [0.15, 0.2) is 47.8 Å². The van der Waals surface area contributed by atoms with Crippen molar-refractivity contribution in [1.29, 1.82) is 0 Å². The molecule has 0 bridgehead atoms. The van der Waals surface area contributed by atoms with Gasteiger partial charge in [0.2, 0.25) is 5.91 Å². The second-order valence-corrected chi connectivity index (χ2v) is 7.33. The fourth-order valence-corrected chi connectivity index (χ4v) is 3.75. The maximum absolute atomic E-state index is 12.3. The Bertz CT molecular complexity index is 621. The zero-order valence-electron chi connectivity index (χ0n) is 14.1. The summed E-state index contributed by atoms with van der Waals surface area (Å²) in [4.78, 5) is 15.8. The van der Waals surface area contributed by atoms with Crippen LogP contribution < -0.4 is 10.6 Å². The molecule has 128 valence electrons. The van der Waals surface area contributed by atoms with Crippen LogP contribution in [-0.4, -0.2) is 36.0 Å². The van der Waals surface area contributed by atoms with E-state index in [1.54, 1.807) is 11.3 Å². The van der Waals surface area contributed by atoms with Crippen LogP contribution in [0.5, 0.6) is 0 Å². The quantitative estimate of drug-likeness (QED) is 0.846. The highest BCUT2D eigenvalue weighted by Gasteiger charge is 2.26. The molecule has 1 aromatic carbocycles. The summed E-state index contributed by atoms with van der Waals surface area (Å²) in [5, 5.41) is 8.67. The minimum Gasteiger partial charge on any atom is -0.382 e. The molecule has 0 spiro atoms. The van der Waals surface area contributed by atoms with Gasteiger partial charge in [0.1, 0.15) is 0 Å². The fraction of sp³-hybridized carbons (Fsp3) is 0.421. The van der Waals surface area contributed by atoms with Crippen molar-refractivity contribution < 1.29 is 4.79 Å². The molecule has 4 nitrogen and oxygen atoms in total. The van der Waals surface area contributed by atoms with Crippen LogP contribution in [0.2, 0.25) is 0 Å². The van der Waals surface area contributed by atoms with Crippen LogP contribution in [-0.2, 0) is 11.3 Å². The number of hydrogen-bond acceptors (Lipinski definition) is 4. The number of anilines is 1. The third-order valence-corrected chi connectivity index (χ3v) is 5.49. The number of benzene rings is 1. The van der Waals surface area contributed by atoms with Gasteiger partial charge < -0.3 is 10.6 Å². The Hall–Kier alpha value is -1.85. The standard InChI is InChI=1S/C19H25N3OS/c1-15(19(23)20-14-18-8-5-13-24-18)22-11-9-17(10-12-22)21-16-6-3-2-4-7-16/h2-8,13,15,17,21H,9-12,14H2,1H3,(H,20,23). The highest BCUT2D eigenvalue weighted by molar-refractivity contribution is 7.09. The summed E-state index contributed by atoms with van der Waals surface area (Å²) in [5.74, 6) is 0.123. The predicted octanol–water partition coefficient (Wildman–Crippen LogP) is 3.33. The van der Waals surface area contributed by atoms with Gasteiger partial charge in [0.05, 0.1) is 12.6 Å². The minimum absolute atomic E-state index is 0.0670. The van der Waals surface area contributed by atoms with E-state index in [1.807, 2.05) is 24.4 Å². The largest absolute Gasteiger partial charge is 0.382 e. The molecule has 0 saturated carbocycles. The first-order valence-corrected chi connectivity index (χ1v) is 9.46. The van der Waals surface area contributed by atoms with Gasteiger partial charge in [-0.3, -0.25) is 9.69 Å². The Morgan fingerprint density at radius 3 is 2.62 bits per heavy atom. The topological polar surface area (TPSA) is 44.4 Å². The molecule has 1 aromatic heterocycles. The van der Waals surface area contributed by atoms with E-state index >= 15 is 0 Å². The Balaban J connectivity index is 1.42. The van der Waals surface area contributed by atoms with Gasteiger partial charge in [-0.05, 0) is 43.3 Å². The van der Waals surface area contributed by atoms with Crippen LogP contribution in [0.3, 0.4) is 0 Å². The lowest BCUT2D eigenvalue weighted by Crippen LogP contribution is -2.49. The molecule has 1 aliphatic rings. The molecule has 5 heteroatoms. The van der Waals surface area contributed by atoms with Crippen molar-refractivity contribution >= 4 is 22.9 Å². The van der Waals surface area contributed by atoms with Gasteiger partial charge in [0, 0.05) is 29.7 Å². The number of amides is 1. The van der Waals surface area contributed by atoms with Gasteiger partial charge >= 0.3 is 0 Å². The van der Waals surface area contributed by atoms with Crippen molar-refractivity contribution in [2.45, 2.75) is 38.4 Å². The summed E-state index contributed by atoms with van der Waals surface area (Å²) < 4.78 is 0. The van der Waals surface area contributed by atoms with Crippen LogP contribution >= 0.6 is 11.3 Å². The van der Waals surface area contributed by atoms with Crippen LogP contribution in [0.4, 0.5) is 5.69 Å². The van der Waals surface area contributed by atoms with E-state index in [-0.39, 0.29) is 11.9 Å². The SMILES string of the molecule is CC(C(=O)NCc1cccs1)N1CCC(Nc2ccccc2)CC1. The monoisotopic (exact) mass is 343 g/mol. The smallest absolute Gasteiger partial charge is 0.237 e. The highest BCUT2D eigenvalue weighted by Crippen LogP contribution is 2.18. The number of hydrogen-bond donors (Lipinski definition) is 2. The molecule has 0 aliphatic carbocycles. The normalized spacial score (nSPS) is 17.4. The lowest BCUT2D eigenvalue weighted by atomic mass is 10.0. The molecular weight excluding hydrogens is 318 g/mol. The predicted molar refractivity (Wildman–Crippen MR) is 100 cm³/mol. The summed E-state index contributed by atoms with van der Waals surface area (Å²) in [6, 6.07) is 14.8. The number of nitrogens with zero attached hydrogens (tertiary/aromatic N) is 1. The van der Waals surface area contributed by atoms with Gasteiger partial charge in [0.15, 0.2) is 0 Å². The Labute approximate surface area is 147 Å². The first-order chi connectivity index (χ1) is 11.7. The van der Waals surface area contributed by atoms with Gasteiger partial charge in [0.25, 0.3) is 0 Å². The molecule has 2 aromatic rings. The van der Waals surface area contributed by atoms with Crippen LogP contribution in [0.1, 0.15) is 24.6 Å². The number of carbonyl (C=O) groups excluding carboxylic acids is 1. The second kappa shape index (κ2) is 8.31. The number of rotatable bonds is 6. The third kappa shape index (κ3) is 4.58. The molecular formula is C19H25N3OS. The zero-order valence-corrected chi connectivity index (χ0v) is 14.9. The first-order valence-electron chi connectivity index (χ1n) is 8.58. The zero-order chi connectivity index (χ0) is 16.8. The van der Waals surface area contributed by atoms with Gasteiger partial charge in [-0.15, -0.1) is 11.3 Å². The van der Waals surface area contributed by atoms with Crippen molar-refractivity contribution in [3.05, 3.63) is 52.7 Å². The lowest BCUT2D eigenvalue weighted by Gasteiger charge is -2.36. The average molecular weight is 343 g/mol. The molecule has 1 atom stereocenters. The van der Waals surface area contributed by atoms with E-state index in [4.69, 9.17) is 0 Å². The van der Waals surface area contributed by atoms with Gasteiger partial charge in [-0.1, -0.05) is 24.3 Å². The van der Waals surface area contributed by atoms with E-state index in [0.29, 0.717) is 12.6 Å².